The van der Waals surface area contributed by atoms with Crippen LogP contribution in [0.4, 0.5) is 0 Å². The number of carbonyl (C=O) groups excluding carboxylic acids is 1. The zero-order valence-electron chi connectivity index (χ0n) is 9.85. The summed E-state index contributed by atoms with van der Waals surface area (Å²) in [6.07, 6.45) is 1.26. The summed E-state index contributed by atoms with van der Waals surface area (Å²) in [6, 6.07) is 1.12. The van der Waals surface area contributed by atoms with Gasteiger partial charge in [0.1, 0.15) is 9.84 Å². The Morgan fingerprint density at radius 2 is 2.28 bits per heavy atom. The van der Waals surface area contributed by atoms with E-state index in [1.54, 1.807) is 0 Å². The Kier molecular flexibility index (Phi) is 5.77. The molecule has 0 aliphatic heterocycles. The summed E-state index contributed by atoms with van der Waals surface area (Å²) < 4.78 is 22.9. The molecule has 102 valence electrons. The monoisotopic (exact) mass is 354 g/mol. The van der Waals surface area contributed by atoms with Gasteiger partial charge >= 0.3 is 0 Å². The molecule has 8 heteroatoms. The molecule has 0 bridgehead atoms. The Labute approximate surface area is 119 Å². The van der Waals surface area contributed by atoms with Gasteiger partial charge in [-0.15, -0.1) is 11.3 Å². The highest BCUT2D eigenvalue weighted by Crippen LogP contribution is 2.19. The number of amides is 1. The predicted octanol–water partition coefficient (Wildman–Crippen LogP) is 0.889. The van der Waals surface area contributed by atoms with E-state index in [-0.39, 0.29) is 18.1 Å². The predicted molar refractivity (Wildman–Crippen MR) is 76.2 cm³/mol. The third-order valence-corrected chi connectivity index (χ3v) is 4.87. The Balaban J connectivity index is 2.36. The molecule has 1 rings (SSSR count). The number of sulfone groups is 1. The van der Waals surface area contributed by atoms with E-state index in [0.717, 1.165) is 15.6 Å². The number of nitrogens with two attached hydrogens (primary N) is 1. The minimum atomic E-state index is -3.08. The van der Waals surface area contributed by atoms with Gasteiger partial charge in [0.15, 0.2) is 0 Å². The standard InChI is InChI=1S/C10H15BrN2O3S2/c1-18(15,16)3-2-9(12)10(14)13-5-8-4-7(11)6-17-8/h4,6,9H,2-3,5,12H2,1H3,(H,13,14). The molecule has 0 radical (unpaired) electrons. The Morgan fingerprint density at radius 1 is 1.61 bits per heavy atom. The minimum Gasteiger partial charge on any atom is -0.350 e. The van der Waals surface area contributed by atoms with Gasteiger partial charge in [-0.3, -0.25) is 4.79 Å². The Morgan fingerprint density at radius 3 is 2.78 bits per heavy atom. The van der Waals surface area contributed by atoms with Crippen LogP contribution >= 0.6 is 27.3 Å². The van der Waals surface area contributed by atoms with Crippen molar-refractivity contribution in [2.24, 2.45) is 5.73 Å². The van der Waals surface area contributed by atoms with Gasteiger partial charge in [-0.25, -0.2) is 8.42 Å². The largest absolute Gasteiger partial charge is 0.350 e. The molecule has 1 aromatic rings. The van der Waals surface area contributed by atoms with Gasteiger partial charge in [0.05, 0.1) is 18.3 Å². The second-order valence-corrected chi connectivity index (χ2v) is 8.15. The molecule has 0 aliphatic rings. The lowest BCUT2D eigenvalue weighted by Crippen LogP contribution is -2.41. The number of hydrogen-bond acceptors (Lipinski definition) is 5. The fraction of sp³-hybridized carbons (Fsp3) is 0.500. The van der Waals surface area contributed by atoms with Crippen molar-refractivity contribution in [3.63, 3.8) is 0 Å². The normalized spacial score (nSPS) is 13.3. The average Bonchev–Trinajstić information content (AvgIpc) is 2.67. The fourth-order valence-electron chi connectivity index (χ4n) is 1.22. The summed E-state index contributed by atoms with van der Waals surface area (Å²) in [5.74, 6) is -0.408. The van der Waals surface area contributed by atoms with Crippen LogP contribution in [0.25, 0.3) is 0 Å². The van der Waals surface area contributed by atoms with Crippen LogP contribution in [0.2, 0.25) is 0 Å². The first kappa shape index (κ1) is 15.6. The maximum atomic E-state index is 11.6. The lowest BCUT2D eigenvalue weighted by molar-refractivity contribution is -0.122. The molecular weight excluding hydrogens is 340 g/mol. The summed E-state index contributed by atoms with van der Waals surface area (Å²) in [6.45, 7) is 0.404. The lowest BCUT2D eigenvalue weighted by atomic mass is 10.2. The van der Waals surface area contributed by atoms with Gasteiger partial charge in [-0.1, -0.05) is 0 Å². The molecule has 18 heavy (non-hydrogen) atoms. The lowest BCUT2D eigenvalue weighted by Gasteiger charge is -2.10. The highest BCUT2D eigenvalue weighted by atomic mass is 79.9. The van der Waals surface area contributed by atoms with Crippen LogP contribution in [-0.2, 0) is 21.2 Å². The smallest absolute Gasteiger partial charge is 0.237 e. The minimum absolute atomic E-state index is 0.0772. The summed E-state index contributed by atoms with van der Waals surface area (Å²) in [5.41, 5.74) is 5.61. The van der Waals surface area contributed by atoms with Crippen molar-refractivity contribution in [2.45, 2.75) is 19.0 Å². The van der Waals surface area contributed by atoms with Gasteiger partial charge in [-0.2, -0.15) is 0 Å². The first-order chi connectivity index (χ1) is 8.28. The molecule has 5 nitrogen and oxygen atoms in total. The number of rotatable bonds is 6. The molecule has 1 aromatic heterocycles. The van der Waals surface area contributed by atoms with Gasteiger partial charge in [0.2, 0.25) is 5.91 Å². The van der Waals surface area contributed by atoms with Crippen molar-refractivity contribution in [3.8, 4) is 0 Å². The van der Waals surface area contributed by atoms with E-state index in [1.807, 2.05) is 11.4 Å². The van der Waals surface area contributed by atoms with Crippen molar-refractivity contribution in [1.82, 2.24) is 5.32 Å². The van der Waals surface area contributed by atoms with Gasteiger partial charge in [0, 0.05) is 21.0 Å². The molecule has 1 atom stereocenters. The molecule has 0 saturated heterocycles. The summed E-state index contributed by atoms with van der Waals surface area (Å²) in [5, 5.41) is 4.60. The van der Waals surface area contributed by atoms with Crippen LogP contribution in [0, 0.1) is 0 Å². The van der Waals surface area contributed by atoms with Gasteiger partial charge in [-0.05, 0) is 28.4 Å². The van der Waals surface area contributed by atoms with Crippen LogP contribution in [0.5, 0.6) is 0 Å². The average molecular weight is 355 g/mol. The van der Waals surface area contributed by atoms with Crippen molar-refractivity contribution in [1.29, 1.82) is 0 Å². The molecule has 0 spiro atoms. The third-order valence-electron chi connectivity index (χ3n) is 2.20. The summed E-state index contributed by atoms with van der Waals surface area (Å²) in [4.78, 5) is 12.6. The molecule has 1 unspecified atom stereocenters. The van der Waals surface area contributed by atoms with E-state index < -0.39 is 15.9 Å². The molecular formula is C10H15BrN2O3S2. The Bertz CT molecular complexity index is 513. The summed E-state index contributed by atoms with van der Waals surface area (Å²) >= 11 is 4.84. The van der Waals surface area contributed by atoms with Crippen LogP contribution in [-0.4, -0.2) is 32.4 Å². The highest BCUT2D eigenvalue weighted by molar-refractivity contribution is 9.10. The van der Waals surface area contributed by atoms with Crippen molar-refractivity contribution in [3.05, 3.63) is 20.8 Å². The zero-order chi connectivity index (χ0) is 13.8. The molecule has 0 aromatic carbocycles. The van der Waals surface area contributed by atoms with E-state index in [4.69, 9.17) is 5.73 Å². The van der Waals surface area contributed by atoms with Crippen molar-refractivity contribution in [2.75, 3.05) is 12.0 Å². The van der Waals surface area contributed by atoms with Crippen LogP contribution in [0.15, 0.2) is 15.9 Å². The molecule has 0 fully saturated rings. The highest BCUT2D eigenvalue weighted by Gasteiger charge is 2.15. The fourth-order valence-corrected chi connectivity index (χ4v) is 3.30. The molecule has 1 heterocycles. The number of thiophene rings is 1. The molecule has 0 aliphatic carbocycles. The molecule has 1 amide bonds. The number of carbonyl (C=O) groups is 1. The van der Waals surface area contributed by atoms with Crippen LogP contribution < -0.4 is 11.1 Å². The second kappa shape index (κ2) is 6.65. The topological polar surface area (TPSA) is 89.3 Å². The van der Waals surface area contributed by atoms with Crippen molar-refractivity contribution < 1.29 is 13.2 Å². The first-order valence-corrected chi connectivity index (χ1v) is 8.95. The van der Waals surface area contributed by atoms with E-state index in [1.165, 1.54) is 11.3 Å². The van der Waals surface area contributed by atoms with Gasteiger partial charge < -0.3 is 11.1 Å². The van der Waals surface area contributed by atoms with Gasteiger partial charge in [0.25, 0.3) is 0 Å². The zero-order valence-corrected chi connectivity index (χ0v) is 13.1. The van der Waals surface area contributed by atoms with Crippen molar-refractivity contribution >= 4 is 43.0 Å². The van der Waals surface area contributed by atoms with E-state index >= 15 is 0 Å². The van der Waals surface area contributed by atoms with E-state index in [2.05, 4.69) is 21.2 Å². The quantitative estimate of drug-likeness (QED) is 0.793. The van der Waals surface area contributed by atoms with E-state index in [0.29, 0.717) is 6.54 Å². The van der Waals surface area contributed by atoms with E-state index in [9.17, 15) is 13.2 Å². The number of hydrogen-bond donors (Lipinski definition) is 2. The number of halogens is 1. The maximum absolute atomic E-state index is 11.6. The second-order valence-electron chi connectivity index (χ2n) is 3.97. The molecule has 3 N–H and O–H groups in total. The van der Waals surface area contributed by atoms with Crippen LogP contribution in [0.1, 0.15) is 11.3 Å². The first-order valence-electron chi connectivity index (χ1n) is 5.22. The Hall–Kier alpha value is -0.440. The maximum Gasteiger partial charge on any atom is 0.237 e. The summed E-state index contributed by atoms with van der Waals surface area (Å²) in [7, 11) is -3.08. The number of nitrogens with one attached hydrogen (secondary N) is 1. The SMILES string of the molecule is CS(=O)(=O)CCC(N)C(=O)NCc1cc(Br)cs1. The van der Waals surface area contributed by atoms with Crippen LogP contribution in [0.3, 0.4) is 0 Å². The third kappa shape index (κ3) is 5.94. The molecule has 0 saturated carbocycles.